The maximum Gasteiger partial charge on any atom is 0.407 e. The molecule has 3 N–H and O–H groups in total. The number of carbonyl (C=O) groups excluding carboxylic acids is 1. The van der Waals surface area contributed by atoms with Crippen LogP contribution in [0.2, 0.25) is 0 Å². The molecule has 0 aliphatic carbocycles. The Labute approximate surface area is 90.4 Å². The summed E-state index contributed by atoms with van der Waals surface area (Å²) in [5.41, 5.74) is 4.90. The van der Waals surface area contributed by atoms with Crippen molar-refractivity contribution in [2.75, 3.05) is 19.8 Å². The Kier molecular flexibility index (Phi) is 6.24. The third-order valence-electron chi connectivity index (χ3n) is 1.78. The van der Waals surface area contributed by atoms with Gasteiger partial charge in [0.1, 0.15) is 5.60 Å². The minimum atomic E-state index is -0.512. The second-order valence-corrected chi connectivity index (χ2v) is 4.46. The van der Waals surface area contributed by atoms with Crippen molar-refractivity contribution in [3.8, 4) is 0 Å². The second kappa shape index (κ2) is 6.61. The summed E-state index contributed by atoms with van der Waals surface area (Å²) in [6.07, 6.45) is -0.119. The molecule has 0 radical (unpaired) electrons. The molecular formula is C10H21FN2O2. The summed E-state index contributed by atoms with van der Waals surface area (Å²) >= 11 is 0. The summed E-state index contributed by atoms with van der Waals surface area (Å²) in [4.78, 5) is 11.2. The van der Waals surface area contributed by atoms with Gasteiger partial charge >= 0.3 is 6.09 Å². The van der Waals surface area contributed by atoms with Crippen molar-refractivity contribution in [3.05, 3.63) is 0 Å². The van der Waals surface area contributed by atoms with Crippen LogP contribution in [0.1, 0.15) is 27.2 Å². The zero-order chi connectivity index (χ0) is 11.9. The molecule has 15 heavy (non-hydrogen) atoms. The highest BCUT2D eigenvalue weighted by atomic mass is 19.1. The van der Waals surface area contributed by atoms with Crippen LogP contribution in [0.3, 0.4) is 0 Å². The summed E-state index contributed by atoms with van der Waals surface area (Å²) < 4.78 is 17.1. The van der Waals surface area contributed by atoms with E-state index in [-0.39, 0.29) is 5.92 Å². The lowest BCUT2D eigenvalue weighted by Crippen LogP contribution is -2.37. The topological polar surface area (TPSA) is 64.3 Å². The van der Waals surface area contributed by atoms with Gasteiger partial charge in [0, 0.05) is 6.54 Å². The van der Waals surface area contributed by atoms with Crippen molar-refractivity contribution in [1.29, 1.82) is 0 Å². The first kappa shape index (κ1) is 14.2. The first-order chi connectivity index (χ1) is 6.89. The van der Waals surface area contributed by atoms with Crippen LogP contribution in [0.5, 0.6) is 0 Å². The van der Waals surface area contributed by atoms with Crippen molar-refractivity contribution in [1.82, 2.24) is 5.32 Å². The van der Waals surface area contributed by atoms with Gasteiger partial charge in [0.25, 0.3) is 0 Å². The Bertz CT molecular complexity index is 192. The standard InChI is InChI=1S/C10H21FN2O2/c1-10(2,3)15-9(14)13-7-8(6-12)4-5-11/h8H,4-7,12H2,1-3H3,(H,13,14). The molecule has 4 nitrogen and oxygen atoms in total. The number of nitrogens with two attached hydrogens (primary N) is 1. The van der Waals surface area contributed by atoms with Crippen molar-refractivity contribution >= 4 is 6.09 Å². The number of rotatable bonds is 5. The molecule has 0 aromatic carbocycles. The van der Waals surface area contributed by atoms with Gasteiger partial charge in [-0.3, -0.25) is 4.39 Å². The molecule has 1 atom stereocenters. The fraction of sp³-hybridized carbons (Fsp3) is 0.900. The fourth-order valence-electron chi connectivity index (χ4n) is 0.999. The summed E-state index contributed by atoms with van der Waals surface area (Å²) in [5, 5.41) is 2.57. The number of hydrogen-bond donors (Lipinski definition) is 2. The van der Waals surface area contributed by atoms with Crippen LogP contribution in [0.25, 0.3) is 0 Å². The lowest BCUT2D eigenvalue weighted by molar-refractivity contribution is 0.0518. The van der Waals surface area contributed by atoms with E-state index in [2.05, 4.69) is 5.32 Å². The molecule has 0 aromatic heterocycles. The Morgan fingerprint density at radius 1 is 1.53 bits per heavy atom. The summed E-state index contributed by atoms with van der Waals surface area (Å²) in [6, 6.07) is 0. The van der Waals surface area contributed by atoms with E-state index in [1.54, 1.807) is 20.8 Å². The SMILES string of the molecule is CC(C)(C)OC(=O)NCC(CN)CCF. The molecule has 0 heterocycles. The van der Waals surface area contributed by atoms with Gasteiger partial charge < -0.3 is 15.8 Å². The predicted octanol–water partition coefficient (Wildman–Crippen LogP) is 1.45. The predicted molar refractivity (Wildman–Crippen MR) is 57.4 cm³/mol. The van der Waals surface area contributed by atoms with E-state index in [1.165, 1.54) is 0 Å². The van der Waals surface area contributed by atoms with Gasteiger partial charge in [-0.15, -0.1) is 0 Å². The number of carbonyl (C=O) groups is 1. The number of ether oxygens (including phenoxy) is 1. The first-order valence-electron chi connectivity index (χ1n) is 5.12. The monoisotopic (exact) mass is 220 g/mol. The molecule has 5 heteroatoms. The smallest absolute Gasteiger partial charge is 0.407 e. The molecule has 0 spiro atoms. The molecule has 0 aromatic rings. The Hall–Kier alpha value is -0.840. The number of amides is 1. The van der Waals surface area contributed by atoms with Gasteiger partial charge in [0.05, 0.1) is 6.67 Å². The van der Waals surface area contributed by atoms with Crippen LogP contribution in [-0.2, 0) is 4.74 Å². The molecule has 90 valence electrons. The van der Waals surface area contributed by atoms with E-state index in [0.29, 0.717) is 19.5 Å². The summed E-state index contributed by atoms with van der Waals surface area (Å²) in [5.74, 6) is -0.0254. The van der Waals surface area contributed by atoms with Crippen LogP contribution in [-0.4, -0.2) is 31.5 Å². The molecule has 0 aliphatic rings. The van der Waals surface area contributed by atoms with Gasteiger partial charge in [-0.25, -0.2) is 4.79 Å². The van der Waals surface area contributed by atoms with Gasteiger partial charge in [-0.05, 0) is 39.7 Å². The van der Waals surface area contributed by atoms with Crippen molar-refractivity contribution in [3.63, 3.8) is 0 Å². The van der Waals surface area contributed by atoms with Gasteiger partial charge in [0.15, 0.2) is 0 Å². The van der Waals surface area contributed by atoms with E-state index in [9.17, 15) is 9.18 Å². The molecule has 0 aliphatic heterocycles. The normalized spacial score (nSPS) is 13.4. The second-order valence-electron chi connectivity index (χ2n) is 4.46. The molecule has 0 saturated carbocycles. The average molecular weight is 220 g/mol. The highest BCUT2D eigenvalue weighted by molar-refractivity contribution is 5.67. The zero-order valence-corrected chi connectivity index (χ0v) is 9.68. The van der Waals surface area contributed by atoms with E-state index >= 15 is 0 Å². The quantitative estimate of drug-likeness (QED) is 0.737. The van der Waals surface area contributed by atoms with E-state index < -0.39 is 18.4 Å². The molecule has 0 saturated heterocycles. The molecule has 1 unspecified atom stereocenters. The first-order valence-corrected chi connectivity index (χ1v) is 5.12. The van der Waals surface area contributed by atoms with Crippen LogP contribution in [0.15, 0.2) is 0 Å². The van der Waals surface area contributed by atoms with Crippen LogP contribution in [0, 0.1) is 5.92 Å². The number of halogens is 1. The third-order valence-corrected chi connectivity index (χ3v) is 1.78. The zero-order valence-electron chi connectivity index (χ0n) is 9.68. The minimum absolute atomic E-state index is 0.0254. The summed E-state index contributed by atoms with van der Waals surface area (Å²) in [6.45, 7) is 5.66. The summed E-state index contributed by atoms with van der Waals surface area (Å²) in [7, 11) is 0. The van der Waals surface area contributed by atoms with Gasteiger partial charge in [0.2, 0.25) is 0 Å². The van der Waals surface area contributed by atoms with Crippen LogP contribution in [0.4, 0.5) is 9.18 Å². The maximum atomic E-state index is 12.0. The lowest BCUT2D eigenvalue weighted by atomic mass is 10.1. The van der Waals surface area contributed by atoms with E-state index in [0.717, 1.165) is 0 Å². The number of alkyl carbamates (subject to hydrolysis) is 1. The van der Waals surface area contributed by atoms with Crippen molar-refractivity contribution < 1.29 is 13.9 Å². The van der Waals surface area contributed by atoms with Crippen molar-refractivity contribution in [2.24, 2.45) is 11.7 Å². The molecule has 0 fully saturated rings. The van der Waals surface area contributed by atoms with Crippen LogP contribution < -0.4 is 11.1 Å². The highest BCUT2D eigenvalue weighted by Crippen LogP contribution is 2.07. The molecule has 1 amide bonds. The van der Waals surface area contributed by atoms with Crippen LogP contribution >= 0.6 is 0 Å². The number of alkyl halides is 1. The van der Waals surface area contributed by atoms with E-state index in [1.807, 2.05) is 0 Å². The average Bonchev–Trinajstić information content (AvgIpc) is 2.09. The number of hydrogen-bond acceptors (Lipinski definition) is 3. The highest BCUT2D eigenvalue weighted by Gasteiger charge is 2.16. The fourth-order valence-corrected chi connectivity index (χ4v) is 0.999. The Morgan fingerprint density at radius 3 is 2.53 bits per heavy atom. The Morgan fingerprint density at radius 2 is 2.13 bits per heavy atom. The largest absolute Gasteiger partial charge is 0.444 e. The molecule has 0 rings (SSSR count). The molecule has 0 bridgehead atoms. The lowest BCUT2D eigenvalue weighted by Gasteiger charge is -2.21. The third kappa shape index (κ3) is 8.17. The molecular weight excluding hydrogens is 199 g/mol. The van der Waals surface area contributed by atoms with E-state index in [4.69, 9.17) is 10.5 Å². The minimum Gasteiger partial charge on any atom is -0.444 e. The Balaban J connectivity index is 3.78. The number of nitrogens with one attached hydrogen (secondary N) is 1. The van der Waals surface area contributed by atoms with Crippen molar-refractivity contribution in [2.45, 2.75) is 32.8 Å². The van der Waals surface area contributed by atoms with Gasteiger partial charge in [-0.1, -0.05) is 0 Å². The van der Waals surface area contributed by atoms with Gasteiger partial charge in [-0.2, -0.15) is 0 Å². The maximum absolute atomic E-state index is 12.0.